The Bertz CT molecular complexity index is 1040. The average Bonchev–Trinajstić information content (AvgIpc) is 2.67. The minimum atomic E-state index is 0.287. The fourth-order valence-corrected chi connectivity index (χ4v) is 3.23. The molecular weight excluding hydrogens is 401 g/mol. The number of allylic oxidation sites excluding steroid dienone is 1. The van der Waals surface area contributed by atoms with E-state index in [0.29, 0.717) is 32.0 Å². The predicted molar refractivity (Wildman–Crippen MR) is 112 cm³/mol. The van der Waals surface area contributed by atoms with Gasteiger partial charge in [-0.2, -0.15) is 5.26 Å². The van der Waals surface area contributed by atoms with Crippen LogP contribution >= 0.6 is 34.8 Å². The van der Waals surface area contributed by atoms with E-state index >= 15 is 0 Å². The van der Waals surface area contributed by atoms with Gasteiger partial charge in [-0.1, -0.05) is 77.3 Å². The standard InChI is InChI=1S/C22H14Cl3NO/c23-18-10-9-16(21(25)12-18)14-27-22-8-4-1-5-15(22)11-17(13-26)19-6-2-3-7-20(19)24/h1-12H,14H2. The van der Waals surface area contributed by atoms with Crippen molar-refractivity contribution in [3.05, 3.63) is 98.5 Å². The molecule has 0 amide bonds. The van der Waals surface area contributed by atoms with E-state index in [-0.39, 0.29) is 6.61 Å². The van der Waals surface area contributed by atoms with Gasteiger partial charge in [-0.05, 0) is 30.3 Å². The Kier molecular flexibility index (Phi) is 6.42. The zero-order valence-corrected chi connectivity index (χ0v) is 16.4. The molecule has 3 aromatic carbocycles. The quantitative estimate of drug-likeness (QED) is 0.324. The molecule has 0 unspecified atom stereocenters. The van der Waals surface area contributed by atoms with Crippen LogP contribution in [0.15, 0.2) is 66.7 Å². The van der Waals surface area contributed by atoms with Gasteiger partial charge < -0.3 is 4.74 Å². The van der Waals surface area contributed by atoms with Crippen LogP contribution in [0.4, 0.5) is 0 Å². The minimum Gasteiger partial charge on any atom is -0.488 e. The third kappa shape index (κ3) is 4.84. The molecule has 0 aromatic heterocycles. The Balaban J connectivity index is 1.89. The van der Waals surface area contributed by atoms with Crippen LogP contribution in [0, 0.1) is 11.3 Å². The summed E-state index contributed by atoms with van der Waals surface area (Å²) in [7, 11) is 0. The molecular formula is C22H14Cl3NO. The molecule has 0 radical (unpaired) electrons. The van der Waals surface area contributed by atoms with Crippen LogP contribution < -0.4 is 4.74 Å². The Hall–Kier alpha value is -2.44. The second-order valence-corrected chi connectivity index (χ2v) is 6.96. The largest absolute Gasteiger partial charge is 0.488 e. The summed E-state index contributed by atoms with van der Waals surface area (Å²) in [5.74, 6) is 0.642. The van der Waals surface area contributed by atoms with Crippen molar-refractivity contribution in [1.82, 2.24) is 0 Å². The van der Waals surface area contributed by atoms with Crippen LogP contribution in [0.1, 0.15) is 16.7 Å². The van der Waals surface area contributed by atoms with Gasteiger partial charge in [0.1, 0.15) is 12.4 Å². The summed E-state index contributed by atoms with van der Waals surface area (Å²) >= 11 is 18.4. The molecule has 0 bridgehead atoms. The second-order valence-electron chi connectivity index (χ2n) is 5.71. The van der Waals surface area contributed by atoms with E-state index in [4.69, 9.17) is 39.5 Å². The lowest BCUT2D eigenvalue weighted by molar-refractivity contribution is 0.305. The molecule has 0 atom stereocenters. The van der Waals surface area contributed by atoms with Crippen molar-refractivity contribution in [3.8, 4) is 11.8 Å². The van der Waals surface area contributed by atoms with E-state index < -0.39 is 0 Å². The molecule has 0 fully saturated rings. The van der Waals surface area contributed by atoms with Crippen LogP contribution in [0.5, 0.6) is 5.75 Å². The van der Waals surface area contributed by atoms with Crippen LogP contribution in [-0.2, 0) is 6.61 Å². The van der Waals surface area contributed by atoms with Gasteiger partial charge >= 0.3 is 0 Å². The van der Waals surface area contributed by atoms with Gasteiger partial charge in [0.2, 0.25) is 0 Å². The van der Waals surface area contributed by atoms with Crippen LogP contribution in [0.2, 0.25) is 15.1 Å². The van der Waals surface area contributed by atoms with Crippen molar-refractivity contribution in [2.24, 2.45) is 0 Å². The molecule has 2 nitrogen and oxygen atoms in total. The topological polar surface area (TPSA) is 33.0 Å². The van der Waals surface area contributed by atoms with Gasteiger partial charge in [-0.15, -0.1) is 0 Å². The average molecular weight is 415 g/mol. The minimum absolute atomic E-state index is 0.287. The molecule has 0 aliphatic carbocycles. The summed E-state index contributed by atoms with van der Waals surface area (Å²) in [4.78, 5) is 0. The first kappa shape index (κ1) is 19.3. The Morgan fingerprint density at radius 1 is 0.926 bits per heavy atom. The third-order valence-electron chi connectivity index (χ3n) is 3.90. The number of benzene rings is 3. The van der Waals surface area contributed by atoms with Gasteiger partial charge in [-0.25, -0.2) is 0 Å². The first-order valence-corrected chi connectivity index (χ1v) is 9.24. The van der Waals surface area contributed by atoms with Crippen molar-refractivity contribution < 1.29 is 4.74 Å². The molecule has 3 rings (SSSR count). The van der Waals surface area contributed by atoms with E-state index in [0.717, 1.165) is 11.1 Å². The number of hydrogen-bond donors (Lipinski definition) is 0. The molecule has 0 aliphatic heterocycles. The highest BCUT2D eigenvalue weighted by Gasteiger charge is 2.09. The normalized spacial score (nSPS) is 11.1. The van der Waals surface area contributed by atoms with Crippen molar-refractivity contribution in [3.63, 3.8) is 0 Å². The highest BCUT2D eigenvalue weighted by molar-refractivity contribution is 6.35. The summed E-state index contributed by atoms with van der Waals surface area (Å²) in [5.41, 5.74) is 2.74. The maximum atomic E-state index is 9.58. The monoisotopic (exact) mass is 413 g/mol. The molecule has 134 valence electrons. The zero-order valence-electron chi connectivity index (χ0n) is 14.1. The maximum absolute atomic E-state index is 9.58. The van der Waals surface area contributed by atoms with Gasteiger partial charge in [0.25, 0.3) is 0 Å². The molecule has 0 spiro atoms. The predicted octanol–water partition coefficient (Wildman–Crippen LogP) is 7.29. The van der Waals surface area contributed by atoms with Crippen LogP contribution in [0.25, 0.3) is 11.6 Å². The fourth-order valence-electron chi connectivity index (χ4n) is 2.53. The van der Waals surface area contributed by atoms with Gasteiger partial charge in [0, 0.05) is 31.8 Å². The van der Waals surface area contributed by atoms with Gasteiger partial charge in [0.05, 0.1) is 11.6 Å². The van der Waals surface area contributed by atoms with E-state index in [2.05, 4.69) is 6.07 Å². The van der Waals surface area contributed by atoms with Crippen LogP contribution in [0.3, 0.4) is 0 Å². The number of nitriles is 1. The summed E-state index contributed by atoms with van der Waals surface area (Å²) < 4.78 is 5.94. The highest BCUT2D eigenvalue weighted by Crippen LogP contribution is 2.29. The second kappa shape index (κ2) is 8.97. The molecule has 0 aliphatic rings. The van der Waals surface area contributed by atoms with Crippen molar-refractivity contribution in [1.29, 1.82) is 5.26 Å². The van der Waals surface area contributed by atoms with Crippen molar-refractivity contribution in [2.75, 3.05) is 0 Å². The number of rotatable bonds is 5. The lowest BCUT2D eigenvalue weighted by Crippen LogP contribution is -1.98. The first-order valence-electron chi connectivity index (χ1n) is 8.11. The number of nitrogens with zero attached hydrogens (tertiary/aromatic N) is 1. The van der Waals surface area contributed by atoms with E-state index in [1.165, 1.54) is 0 Å². The number of ether oxygens (including phenoxy) is 1. The summed E-state index contributed by atoms with van der Waals surface area (Å²) in [6, 6.07) is 22.2. The molecule has 5 heteroatoms. The lowest BCUT2D eigenvalue weighted by atomic mass is 10.0. The van der Waals surface area contributed by atoms with E-state index in [1.807, 2.05) is 48.5 Å². The SMILES string of the molecule is N#CC(=Cc1ccccc1OCc1ccc(Cl)cc1Cl)c1ccccc1Cl. The van der Waals surface area contributed by atoms with Gasteiger partial charge in [0.15, 0.2) is 0 Å². The van der Waals surface area contributed by atoms with Crippen LogP contribution in [-0.4, -0.2) is 0 Å². The Labute approximate surface area is 173 Å². The Morgan fingerprint density at radius 2 is 1.67 bits per heavy atom. The third-order valence-corrected chi connectivity index (χ3v) is 4.82. The summed E-state index contributed by atoms with van der Waals surface area (Å²) in [6.45, 7) is 0.287. The molecule has 0 N–H and O–H groups in total. The lowest BCUT2D eigenvalue weighted by Gasteiger charge is -2.11. The smallest absolute Gasteiger partial charge is 0.127 e. The summed E-state index contributed by atoms with van der Waals surface area (Å²) in [5, 5.41) is 11.2. The fraction of sp³-hybridized carbons (Fsp3) is 0.0455. The number of halogens is 3. The Morgan fingerprint density at radius 3 is 2.41 bits per heavy atom. The molecule has 27 heavy (non-hydrogen) atoms. The maximum Gasteiger partial charge on any atom is 0.127 e. The van der Waals surface area contributed by atoms with Crippen molar-refractivity contribution >= 4 is 46.5 Å². The van der Waals surface area contributed by atoms with E-state index in [9.17, 15) is 5.26 Å². The highest BCUT2D eigenvalue weighted by atomic mass is 35.5. The molecule has 0 saturated heterocycles. The molecule has 0 saturated carbocycles. The first-order chi connectivity index (χ1) is 13.1. The van der Waals surface area contributed by atoms with Gasteiger partial charge in [-0.3, -0.25) is 0 Å². The van der Waals surface area contributed by atoms with Crippen molar-refractivity contribution in [2.45, 2.75) is 6.61 Å². The molecule has 3 aromatic rings. The number of hydrogen-bond acceptors (Lipinski definition) is 2. The molecule has 0 heterocycles. The number of para-hydroxylation sites is 1. The summed E-state index contributed by atoms with van der Waals surface area (Å²) in [6.07, 6.45) is 1.76. The van der Waals surface area contributed by atoms with E-state index in [1.54, 1.807) is 24.3 Å². The zero-order chi connectivity index (χ0) is 19.2.